The lowest BCUT2D eigenvalue weighted by atomic mass is 10.2. The molecule has 9 heteroatoms. The fraction of sp³-hybridized carbons (Fsp3) is 0.500. The minimum atomic E-state index is -0.405. The molecule has 1 fully saturated rings. The highest BCUT2D eigenvalue weighted by atomic mass is 32.1. The van der Waals surface area contributed by atoms with Crippen molar-refractivity contribution >= 4 is 34.6 Å². The maximum absolute atomic E-state index is 11.7. The number of carbonyl (C=O) groups is 1. The summed E-state index contributed by atoms with van der Waals surface area (Å²) in [7, 11) is 1.48. The Kier molecular flexibility index (Phi) is 6.13. The molecular formula is C16H22N4O4S. The molecule has 0 saturated carbocycles. The summed E-state index contributed by atoms with van der Waals surface area (Å²) in [5.41, 5.74) is 0.575. The fourth-order valence-corrected chi connectivity index (χ4v) is 2.81. The maximum Gasteiger partial charge on any atom is 0.296 e. The molecule has 0 spiro atoms. The zero-order valence-electron chi connectivity index (χ0n) is 14.5. The van der Waals surface area contributed by atoms with Crippen LogP contribution in [0.4, 0.5) is 11.4 Å². The number of nitrogens with zero attached hydrogens (tertiary/aromatic N) is 3. The number of methoxy groups -OCH3 is 1. The Balaban J connectivity index is 2.04. The number of piperazine rings is 1. The first-order valence-corrected chi connectivity index (χ1v) is 8.41. The summed E-state index contributed by atoms with van der Waals surface area (Å²) < 4.78 is 5.06. The summed E-state index contributed by atoms with van der Waals surface area (Å²) in [5.74, 6) is 0.200. The van der Waals surface area contributed by atoms with E-state index in [1.54, 1.807) is 26.0 Å². The summed E-state index contributed by atoms with van der Waals surface area (Å²) in [5, 5.41) is 14.5. The van der Waals surface area contributed by atoms with E-state index in [1.807, 2.05) is 9.80 Å². The minimum absolute atomic E-state index is 0.0171. The second kappa shape index (κ2) is 8.11. The summed E-state index contributed by atoms with van der Waals surface area (Å²) in [6.45, 7) is 5.92. The number of nitrogens with one attached hydrogen (secondary N) is 1. The SMILES string of the molecule is COc1ccc(N2CCN(C(=S)NC(=O)C(C)C)CC2)c([N+](=O)[O-])c1. The van der Waals surface area contributed by atoms with Crippen molar-refractivity contribution < 1.29 is 14.5 Å². The summed E-state index contributed by atoms with van der Waals surface area (Å²) in [4.78, 5) is 26.5. The third kappa shape index (κ3) is 4.56. The van der Waals surface area contributed by atoms with Crippen molar-refractivity contribution in [3.05, 3.63) is 28.3 Å². The van der Waals surface area contributed by atoms with Crippen LogP contribution in [0.2, 0.25) is 0 Å². The van der Waals surface area contributed by atoms with Gasteiger partial charge in [0.25, 0.3) is 5.69 Å². The van der Waals surface area contributed by atoms with Gasteiger partial charge < -0.3 is 19.9 Å². The molecule has 0 bridgehead atoms. The molecule has 136 valence electrons. The average Bonchev–Trinajstić information content (AvgIpc) is 2.61. The van der Waals surface area contributed by atoms with Crippen LogP contribution in [0, 0.1) is 16.0 Å². The van der Waals surface area contributed by atoms with Crippen LogP contribution in [-0.2, 0) is 4.79 Å². The monoisotopic (exact) mass is 366 g/mol. The van der Waals surface area contributed by atoms with Crippen molar-refractivity contribution in [1.82, 2.24) is 10.2 Å². The van der Waals surface area contributed by atoms with E-state index in [4.69, 9.17) is 17.0 Å². The van der Waals surface area contributed by atoms with Crippen molar-refractivity contribution in [3.63, 3.8) is 0 Å². The molecule has 1 amide bonds. The molecule has 1 saturated heterocycles. The van der Waals surface area contributed by atoms with Crippen molar-refractivity contribution in [2.24, 2.45) is 5.92 Å². The Morgan fingerprint density at radius 3 is 2.48 bits per heavy atom. The van der Waals surface area contributed by atoms with Gasteiger partial charge in [-0.3, -0.25) is 14.9 Å². The van der Waals surface area contributed by atoms with E-state index in [0.717, 1.165) is 0 Å². The predicted molar refractivity (Wildman–Crippen MR) is 99.0 cm³/mol. The number of thiocarbonyl (C=S) groups is 1. The van der Waals surface area contributed by atoms with Crippen molar-refractivity contribution in [2.75, 3.05) is 38.2 Å². The first-order valence-electron chi connectivity index (χ1n) is 8.00. The normalized spacial score (nSPS) is 14.4. The van der Waals surface area contributed by atoms with Gasteiger partial charge in [-0.25, -0.2) is 0 Å². The highest BCUT2D eigenvalue weighted by molar-refractivity contribution is 7.80. The number of amides is 1. The lowest BCUT2D eigenvalue weighted by Crippen LogP contribution is -2.53. The highest BCUT2D eigenvalue weighted by Gasteiger charge is 2.25. The fourth-order valence-electron chi connectivity index (χ4n) is 2.52. The van der Waals surface area contributed by atoms with Crippen LogP contribution in [0.3, 0.4) is 0 Å². The van der Waals surface area contributed by atoms with E-state index in [9.17, 15) is 14.9 Å². The summed E-state index contributed by atoms with van der Waals surface area (Å²) in [6, 6.07) is 4.84. The van der Waals surface area contributed by atoms with Crippen LogP contribution in [0.5, 0.6) is 5.75 Å². The number of anilines is 1. The molecule has 0 unspecified atom stereocenters. The molecule has 0 radical (unpaired) electrons. The smallest absolute Gasteiger partial charge is 0.296 e. The van der Waals surface area contributed by atoms with E-state index >= 15 is 0 Å². The highest BCUT2D eigenvalue weighted by Crippen LogP contribution is 2.32. The summed E-state index contributed by atoms with van der Waals surface area (Å²) in [6.07, 6.45) is 0. The Morgan fingerprint density at radius 1 is 1.32 bits per heavy atom. The van der Waals surface area contributed by atoms with Crippen LogP contribution in [0.15, 0.2) is 18.2 Å². The van der Waals surface area contributed by atoms with E-state index in [1.165, 1.54) is 13.2 Å². The number of nitro benzene ring substituents is 1. The van der Waals surface area contributed by atoms with Gasteiger partial charge in [-0.1, -0.05) is 13.8 Å². The summed E-state index contributed by atoms with van der Waals surface area (Å²) >= 11 is 5.28. The molecule has 0 aliphatic carbocycles. The lowest BCUT2D eigenvalue weighted by Gasteiger charge is -2.37. The molecule has 8 nitrogen and oxygen atoms in total. The zero-order chi connectivity index (χ0) is 18.6. The molecule has 1 N–H and O–H groups in total. The van der Waals surface area contributed by atoms with Gasteiger partial charge in [-0.05, 0) is 24.4 Å². The van der Waals surface area contributed by atoms with Gasteiger partial charge in [-0.15, -0.1) is 0 Å². The van der Waals surface area contributed by atoms with Gasteiger partial charge in [0, 0.05) is 32.1 Å². The van der Waals surface area contributed by atoms with Gasteiger partial charge in [0.2, 0.25) is 5.91 Å². The number of carbonyl (C=O) groups excluding carboxylic acids is 1. The van der Waals surface area contributed by atoms with Gasteiger partial charge in [-0.2, -0.15) is 0 Å². The predicted octanol–water partition coefficient (Wildman–Crippen LogP) is 1.78. The number of hydrogen-bond donors (Lipinski definition) is 1. The number of benzene rings is 1. The topological polar surface area (TPSA) is 88.0 Å². The van der Waals surface area contributed by atoms with Crippen LogP contribution in [-0.4, -0.2) is 54.1 Å². The second-order valence-electron chi connectivity index (χ2n) is 6.03. The number of nitro groups is 1. The van der Waals surface area contributed by atoms with Crippen molar-refractivity contribution in [3.8, 4) is 5.75 Å². The molecule has 2 rings (SSSR count). The van der Waals surface area contributed by atoms with E-state index in [2.05, 4.69) is 5.32 Å². The first kappa shape index (κ1) is 18.9. The van der Waals surface area contributed by atoms with Gasteiger partial charge in [0.1, 0.15) is 11.4 Å². The third-order valence-corrected chi connectivity index (χ3v) is 4.40. The molecule has 1 aromatic carbocycles. The van der Waals surface area contributed by atoms with Gasteiger partial charge in [0.15, 0.2) is 5.11 Å². The number of hydrogen-bond acceptors (Lipinski definition) is 6. The molecule has 1 aliphatic heterocycles. The maximum atomic E-state index is 11.7. The van der Waals surface area contributed by atoms with Crippen molar-refractivity contribution in [1.29, 1.82) is 0 Å². The van der Waals surface area contributed by atoms with Gasteiger partial charge >= 0.3 is 0 Å². The van der Waals surface area contributed by atoms with Crippen molar-refractivity contribution in [2.45, 2.75) is 13.8 Å². The Morgan fingerprint density at radius 2 is 1.96 bits per heavy atom. The zero-order valence-corrected chi connectivity index (χ0v) is 15.3. The van der Waals surface area contributed by atoms with E-state index in [-0.39, 0.29) is 17.5 Å². The molecule has 0 aromatic heterocycles. The molecule has 25 heavy (non-hydrogen) atoms. The second-order valence-corrected chi connectivity index (χ2v) is 6.42. The Hall–Kier alpha value is -2.42. The van der Waals surface area contributed by atoms with Crippen LogP contribution in [0.25, 0.3) is 0 Å². The third-order valence-electron chi connectivity index (χ3n) is 4.04. The standard InChI is InChI=1S/C16H22N4O4S/c1-11(2)15(21)17-16(25)19-8-6-18(7-9-19)13-5-4-12(24-3)10-14(13)20(22)23/h4-5,10-11H,6-9H2,1-3H3,(H,17,21,25). The van der Waals surface area contributed by atoms with Crippen LogP contribution < -0.4 is 15.0 Å². The quantitative estimate of drug-likeness (QED) is 0.494. The molecule has 0 atom stereocenters. The Labute approximate surface area is 151 Å². The Bertz CT molecular complexity index is 672. The molecule has 1 aliphatic rings. The van der Waals surface area contributed by atoms with Crippen LogP contribution >= 0.6 is 12.2 Å². The van der Waals surface area contributed by atoms with E-state index in [0.29, 0.717) is 42.7 Å². The number of rotatable bonds is 4. The average molecular weight is 366 g/mol. The van der Waals surface area contributed by atoms with Crippen LogP contribution in [0.1, 0.15) is 13.8 Å². The lowest BCUT2D eigenvalue weighted by molar-refractivity contribution is -0.384. The minimum Gasteiger partial charge on any atom is -0.496 e. The van der Waals surface area contributed by atoms with Gasteiger partial charge in [0.05, 0.1) is 18.1 Å². The molecule has 1 aromatic rings. The first-order chi connectivity index (χ1) is 11.8. The molecule has 1 heterocycles. The largest absolute Gasteiger partial charge is 0.496 e. The molecular weight excluding hydrogens is 344 g/mol. The number of ether oxygens (including phenoxy) is 1. The van der Waals surface area contributed by atoms with E-state index < -0.39 is 4.92 Å².